The van der Waals surface area contributed by atoms with Crippen molar-refractivity contribution in [3.63, 3.8) is 0 Å². The van der Waals surface area contributed by atoms with Crippen molar-refractivity contribution >= 4 is 11.6 Å². The maximum absolute atomic E-state index is 13.4. The Morgan fingerprint density at radius 1 is 1.20 bits per heavy atom. The number of likely N-dealkylation sites (tertiary alicyclic amines) is 1. The van der Waals surface area contributed by atoms with Gasteiger partial charge in [-0.1, -0.05) is 23.7 Å². The van der Waals surface area contributed by atoms with Gasteiger partial charge >= 0.3 is 0 Å². The predicted molar refractivity (Wildman–Crippen MR) is 80.4 cm³/mol. The lowest BCUT2D eigenvalue weighted by Crippen LogP contribution is -2.42. The van der Waals surface area contributed by atoms with Crippen LogP contribution in [0.25, 0.3) is 0 Å². The van der Waals surface area contributed by atoms with E-state index in [9.17, 15) is 4.39 Å². The van der Waals surface area contributed by atoms with E-state index in [0.29, 0.717) is 6.04 Å². The molecule has 0 amide bonds. The third-order valence-corrected chi connectivity index (χ3v) is 4.83. The molecule has 2 aliphatic rings. The molecule has 0 bridgehead atoms. The van der Waals surface area contributed by atoms with Gasteiger partial charge in [-0.05, 0) is 62.9 Å². The summed E-state index contributed by atoms with van der Waals surface area (Å²) in [6, 6.07) is 5.73. The third kappa shape index (κ3) is 3.72. The molecule has 2 fully saturated rings. The Hall–Kier alpha value is -0.640. The smallest absolute Gasteiger partial charge is 0.142 e. The molecule has 1 saturated heterocycles. The van der Waals surface area contributed by atoms with Crippen LogP contribution in [-0.2, 0) is 6.54 Å². The Morgan fingerprint density at radius 3 is 2.65 bits per heavy atom. The van der Waals surface area contributed by atoms with Crippen LogP contribution >= 0.6 is 11.6 Å². The molecule has 0 unspecified atom stereocenters. The second-order valence-corrected chi connectivity index (χ2v) is 6.49. The quantitative estimate of drug-likeness (QED) is 0.895. The molecular weight excluding hydrogens is 275 g/mol. The fraction of sp³-hybridized carbons (Fsp3) is 0.625. The van der Waals surface area contributed by atoms with Crippen molar-refractivity contribution in [2.24, 2.45) is 5.92 Å². The molecule has 20 heavy (non-hydrogen) atoms. The van der Waals surface area contributed by atoms with Gasteiger partial charge in [-0.15, -0.1) is 0 Å². The first-order chi connectivity index (χ1) is 9.72. The summed E-state index contributed by atoms with van der Waals surface area (Å²) in [6.07, 6.45) is 5.17. The van der Waals surface area contributed by atoms with E-state index < -0.39 is 0 Å². The highest BCUT2D eigenvalue weighted by Crippen LogP contribution is 2.28. The minimum atomic E-state index is -0.315. The van der Waals surface area contributed by atoms with Crippen LogP contribution in [0.1, 0.15) is 31.2 Å². The van der Waals surface area contributed by atoms with E-state index in [1.54, 1.807) is 6.07 Å². The summed E-state index contributed by atoms with van der Waals surface area (Å²) in [5.74, 6) is 0.629. The summed E-state index contributed by atoms with van der Waals surface area (Å²) >= 11 is 6.02. The zero-order valence-electron chi connectivity index (χ0n) is 11.7. The van der Waals surface area contributed by atoms with E-state index >= 15 is 0 Å². The van der Waals surface area contributed by atoms with E-state index in [1.165, 1.54) is 38.3 Å². The van der Waals surface area contributed by atoms with E-state index in [1.807, 2.05) is 6.07 Å². The van der Waals surface area contributed by atoms with Crippen molar-refractivity contribution in [3.05, 3.63) is 34.6 Å². The number of halogens is 2. The minimum absolute atomic E-state index is 0.279. The molecular formula is C16H22ClFN2. The zero-order valence-corrected chi connectivity index (χ0v) is 12.5. The van der Waals surface area contributed by atoms with Gasteiger partial charge in [0.1, 0.15) is 5.82 Å². The Kier molecular flexibility index (Phi) is 4.59. The van der Waals surface area contributed by atoms with Crippen LogP contribution in [0.5, 0.6) is 0 Å². The standard InChI is InChI=1S/C16H22ClFN2/c17-16-13(2-1-3-15(16)18)11-20-8-6-14(7-9-20)19-10-12-4-5-12/h1-3,12,14,19H,4-11H2. The molecule has 1 heterocycles. The maximum atomic E-state index is 13.4. The first kappa shape index (κ1) is 14.3. The normalized spacial score (nSPS) is 21.3. The number of hydrogen-bond donors (Lipinski definition) is 1. The van der Waals surface area contributed by atoms with E-state index in [-0.39, 0.29) is 10.8 Å². The van der Waals surface area contributed by atoms with E-state index in [4.69, 9.17) is 11.6 Å². The molecule has 1 aliphatic carbocycles. The molecule has 1 aromatic carbocycles. The Balaban J connectivity index is 1.46. The maximum Gasteiger partial charge on any atom is 0.142 e. The van der Waals surface area contributed by atoms with Gasteiger partial charge in [0.25, 0.3) is 0 Å². The van der Waals surface area contributed by atoms with Crippen molar-refractivity contribution < 1.29 is 4.39 Å². The monoisotopic (exact) mass is 296 g/mol. The lowest BCUT2D eigenvalue weighted by atomic mass is 10.0. The summed E-state index contributed by atoms with van der Waals surface area (Å²) in [5.41, 5.74) is 0.899. The van der Waals surface area contributed by atoms with Gasteiger partial charge in [-0.25, -0.2) is 4.39 Å². The van der Waals surface area contributed by atoms with Gasteiger partial charge in [0.15, 0.2) is 0 Å². The second kappa shape index (κ2) is 6.42. The number of hydrogen-bond acceptors (Lipinski definition) is 2. The molecule has 1 aliphatic heterocycles. The SMILES string of the molecule is Fc1cccc(CN2CCC(NCC3CC3)CC2)c1Cl. The summed E-state index contributed by atoms with van der Waals surface area (Å²) in [6.45, 7) is 4.08. The van der Waals surface area contributed by atoms with Crippen molar-refractivity contribution in [2.75, 3.05) is 19.6 Å². The van der Waals surface area contributed by atoms with Crippen LogP contribution in [0.15, 0.2) is 18.2 Å². The van der Waals surface area contributed by atoms with Gasteiger partial charge in [-0.3, -0.25) is 4.90 Å². The molecule has 2 nitrogen and oxygen atoms in total. The van der Waals surface area contributed by atoms with Crippen LogP contribution in [0.2, 0.25) is 5.02 Å². The molecule has 0 spiro atoms. The van der Waals surface area contributed by atoms with Crippen LogP contribution < -0.4 is 5.32 Å². The summed E-state index contributed by atoms with van der Waals surface area (Å²) in [7, 11) is 0. The van der Waals surface area contributed by atoms with Crippen molar-refractivity contribution in [3.8, 4) is 0 Å². The van der Waals surface area contributed by atoms with Crippen molar-refractivity contribution in [2.45, 2.75) is 38.3 Å². The fourth-order valence-corrected chi connectivity index (χ4v) is 3.05. The molecule has 1 saturated carbocycles. The average Bonchev–Trinajstić information content (AvgIpc) is 3.27. The van der Waals surface area contributed by atoms with Crippen molar-refractivity contribution in [1.82, 2.24) is 10.2 Å². The van der Waals surface area contributed by atoms with E-state index in [0.717, 1.165) is 31.1 Å². The second-order valence-electron chi connectivity index (χ2n) is 6.11. The van der Waals surface area contributed by atoms with Gasteiger partial charge < -0.3 is 5.32 Å². The summed E-state index contributed by atoms with van der Waals surface area (Å²) in [5, 5.41) is 3.95. The summed E-state index contributed by atoms with van der Waals surface area (Å²) in [4.78, 5) is 2.37. The predicted octanol–water partition coefficient (Wildman–Crippen LogP) is 3.44. The molecule has 3 rings (SSSR count). The Labute approximate surface area is 125 Å². The van der Waals surface area contributed by atoms with Crippen molar-refractivity contribution in [1.29, 1.82) is 0 Å². The first-order valence-electron chi connectivity index (χ1n) is 7.61. The molecule has 110 valence electrons. The molecule has 0 atom stereocenters. The van der Waals surface area contributed by atoms with Gasteiger partial charge in [0.05, 0.1) is 5.02 Å². The van der Waals surface area contributed by atoms with Gasteiger partial charge in [0, 0.05) is 12.6 Å². The van der Waals surface area contributed by atoms with Gasteiger partial charge in [-0.2, -0.15) is 0 Å². The van der Waals surface area contributed by atoms with Crippen LogP contribution in [0, 0.1) is 11.7 Å². The van der Waals surface area contributed by atoms with Gasteiger partial charge in [0.2, 0.25) is 0 Å². The highest BCUT2D eigenvalue weighted by molar-refractivity contribution is 6.31. The first-order valence-corrected chi connectivity index (χ1v) is 7.99. The topological polar surface area (TPSA) is 15.3 Å². The fourth-order valence-electron chi connectivity index (χ4n) is 2.86. The Bertz CT molecular complexity index is 454. The van der Waals surface area contributed by atoms with Crippen LogP contribution in [0.3, 0.4) is 0 Å². The molecule has 4 heteroatoms. The van der Waals surface area contributed by atoms with Crippen LogP contribution in [-0.4, -0.2) is 30.6 Å². The van der Waals surface area contributed by atoms with E-state index in [2.05, 4.69) is 10.2 Å². The molecule has 1 aromatic rings. The molecule has 0 aromatic heterocycles. The minimum Gasteiger partial charge on any atom is -0.314 e. The third-order valence-electron chi connectivity index (χ3n) is 4.41. The number of rotatable bonds is 5. The number of piperidine rings is 1. The summed E-state index contributed by atoms with van der Waals surface area (Å²) < 4.78 is 13.4. The number of nitrogens with one attached hydrogen (secondary N) is 1. The highest BCUT2D eigenvalue weighted by Gasteiger charge is 2.24. The molecule has 0 radical (unpaired) electrons. The lowest BCUT2D eigenvalue weighted by molar-refractivity contribution is 0.190. The average molecular weight is 297 g/mol. The highest BCUT2D eigenvalue weighted by atomic mass is 35.5. The molecule has 1 N–H and O–H groups in total. The van der Waals surface area contributed by atoms with Crippen LogP contribution in [0.4, 0.5) is 4.39 Å². The zero-order chi connectivity index (χ0) is 13.9. The lowest BCUT2D eigenvalue weighted by Gasteiger charge is -2.32. The number of benzene rings is 1. The number of nitrogens with zero attached hydrogens (tertiary/aromatic N) is 1. The largest absolute Gasteiger partial charge is 0.314 e. The Morgan fingerprint density at radius 2 is 1.95 bits per heavy atom.